The van der Waals surface area contributed by atoms with Gasteiger partial charge in [-0.1, -0.05) is 53.0 Å². The molecule has 2 aromatic carbocycles. The van der Waals surface area contributed by atoms with Gasteiger partial charge in [-0.25, -0.2) is 8.42 Å². The molecular weight excluding hydrogens is 558 g/mol. The number of ether oxygens (including phenoxy) is 1. The van der Waals surface area contributed by atoms with E-state index in [1.165, 1.54) is 30.2 Å². The van der Waals surface area contributed by atoms with Crippen LogP contribution in [0.25, 0.3) is 0 Å². The molecule has 0 aliphatic carbocycles. The summed E-state index contributed by atoms with van der Waals surface area (Å²) in [6.07, 6.45) is 2.75. The molecule has 35 heavy (non-hydrogen) atoms. The predicted octanol–water partition coefficient (Wildman–Crippen LogP) is 4.21. The number of hydrogen-bond donors (Lipinski definition) is 1. The van der Waals surface area contributed by atoms with Crippen LogP contribution in [0.4, 0.5) is 5.69 Å². The fourth-order valence-corrected chi connectivity index (χ4v) is 4.69. The second-order valence-corrected chi connectivity index (χ2v) is 11.3. The van der Waals surface area contributed by atoms with E-state index in [0.29, 0.717) is 12.3 Å². The van der Waals surface area contributed by atoms with Crippen LogP contribution in [0.3, 0.4) is 0 Å². The molecule has 0 aromatic heterocycles. The lowest BCUT2D eigenvalue weighted by molar-refractivity contribution is -0.139. The Labute approximate surface area is 220 Å². The van der Waals surface area contributed by atoms with Gasteiger partial charge in [0, 0.05) is 17.6 Å². The third kappa shape index (κ3) is 8.40. The van der Waals surface area contributed by atoms with Crippen LogP contribution >= 0.6 is 27.5 Å². The van der Waals surface area contributed by atoms with E-state index in [2.05, 4.69) is 21.2 Å². The molecule has 0 saturated carbocycles. The number of unbranched alkanes of at least 4 members (excludes halogenated alkanes) is 1. The topological polar surface area (TPSA) is 96.0 Å². The highest BCUT2D eigenvalue weighted by Crippen LogP contribution is 2.30. The van der Waals surface area contributed by atoms with Crippen LogP contribution in [-0.2, 0) is 26.2 Å². The van der Waals surface area contributed by atoms with Crippen molar-refractivity contribution < 1.29 is 22.7 Å². The summed E-state index contributed by atoms with van der Waals surface area (Å²) >= 11 is 9.58. The van der Waals surface area contributed by atoms with Crippen molar-refractivity contribution in [2.75, 3.05) is 30.8 Å². The minimum atomic E-state index is -3.85. The molecule has 0 aliphatic heterocycles. The van der Waals surface area contributed by atoms with Crippen molar-refractivity contribution in [2.24, 2.45) is 0 Å². The number of benzene rings is 2. The van der Waals surface area contributed by atoms with E-state index in [1.807, 2.05) is 31.2 Å². The molecule has 1 atom stereocenters. The number of nitrogens with one attached hydrogen (secondary N) is 1. The number of halogens is 2. The first-order valence-corrected chi connectivity index (χ1v) is 14.1. The van der Waals surface area contributed by atoms with Gasteiger partial charge in [0.15, 0.2) is 0 Å². The van der Waals surface area contributed by atoms with Gasteiger partial charge in [0.05, 0.1) is 24.1 Å². The molecule has 8 nitrogen and oxygen atoms in total. The van der Waals surface area contributed by atoms with Crippen molar-refractivity contribution in [1.29, 1.82) is 0 Å². The van der Waals surface area contributed by atoms with Gasteiger partial charge in [0.25, 0.3) is 0 Å². The summed E-state index contributed by atoms with van der Waals surface area (Å²) in [6.45, 7) is 3.79. The monoisotopic (exact) mass is 587 g/mol. The molecule has 0 heterocycles. The van der Waals surface area contributed by atoms with Crippen molar-refractivity contribution in [3.63, 3.8) is 0 Å². The van der Waals surface area contributed by atoms with Crippen LogP contribution in [0.2, 0.25) is 5.02 Å². The molecule has 0 spiro atoms. The summed E-state index contributed by atoms with van der Waals surface area (Å²) in [4.78, 5) is 27.7. The van der Waals surface area contributed by atoms with Gasteiger partial charge in [0.1, 0.15) is 18.3 Å². The Morgan fingerprint density at radius 2 is 1.83 bits per heavy atom. The predicted molar refractivity (Wildman–Crippen MR) is 142 cm³/mol. The third-order valence-corrected chi connectivity index (χ3v) is 7.33. The number of nitrogens with zero attached hydrogens (tertiary/aromatic N) is 2. The molecule has 0 fully saturated rings. The van der Waals surface area contributed by atoms with Crippen molar-refractivity contribution in [3.05, 3.63) is 57.5 Å². The molecular formula is C24H31BrClN3O5S. The molecule has 0 aliphatic rings. The van der Waals surface area contributed by atoms with Crippen LogP contribution in [0, 0.1) is 0 Å². The third-order valence-electron chi connectivity index (χ3n) is 5.37. The van der Waals surface area contributed by atoms with Gasteiger partial charge in [-0.15, -0.1) is 0 Å². The Bertz CT molecular complexity index is 1130. The van der Waals surface area contributed by atoms with E-state index < -0.39 is 28.5 Å². The Morgan fingerprint density at radius 1 is 1.17 bits per heavy atom. The molecule has 11 heteroatoms. The lowest BCUT2D eigenvalue weighted by Crippen LogP contribution is -2.51. The SMILES string of the molecule is CCCCNC(=O)[C@H](C)N(Cc1ccc(Br)cc1)C(=O)CN(c1ccc(OC)c(Cl)c1)S(C)(=O)=O. The van der Waals surface area contributed by atoms with E-state index in [4.69, 9.17) is 16.3 Å². The normalized spacial score (nSPS) is 12.1. The van der Waals surface area contributed by atoms with E-state index in [9.17, 15) is 18.0 Å². The van der Waals surface area contributed by atoms with Gasteiger partial charge in [-0.05, 0) is 49.2 Å². The summed E-state index contributed by atoms with van der Waals surface area (Å²) in [5.41, 5.74) is 1.02. The lowest BCUT2D eigenvalue weighted by atomic mass is 10.1. The van der Waals surface area contributed by atoms with Crippen molar-refractivity contribution >= 4 is 55.1 Å². The molecule has 0 radical (unpaired) electrons. The van der Waals surface area contributed by atoms with Gasteiger partial charge in [0.2, 0.25) is 21.8 Å². The highest BCUT2D eigenvalue weighted by molar-refractivity contribution is 9.10. The average Bonchev–Trinajstić information content (AvgIpc) is 2.80. The number of amides is 2. The van der Waals surface area contributed by atoms with Gasteiger partial charge in [-0.3, -0.25) is 13.9 Å². The van der Waals surface area contributed by atoms with Gasteiger partial charge >= 0.3 is 0 Å². The molecule has 2 amide bonds. The van der Waals surface area contributed by atoms with Crippen LogP contribution < -0.4 is 14.4 Å². The van der Waals surface area contributed by atoms with Crippen LogP contribution in [-0.4, -0.2) is 57.6 Å². The first-order valence-electron chi connectivity index (χ1n) is 11.1. The van der Waals surface area contributed by atoms with Crippen molar-refractivity contribution in [1.82, 2.24) is 10.2 Å². The molecule has 2 rings (SSSR count). The first-order chi connectivity index (χ1) is 16.5. The summed E-state index contributed by atoms with van der Waals surface area (Å²) in [7, 11) is -2.40. The summed E-state index contributed by atoms with van der Waals surface area (Å²) in [5, 5.41) is 3.06. The van der Waals surface area contributed by atoms with Gasteiger partial charge < -0.3 is 15.0 Å². The highest BCUT2D eigenvalue weighted by Gasteiger charge is 2.30. The number of carbonyl (C=O) groups excluding carboxylic acids is 2. The Morgan fingerprint density at radius 3 is 2.37 bits per heavy atom. The number of methoxy groups -OCH3 is 1. The summed E-state index contributed by atoms with van der Waals surface area (Å²) in [6, 6.07) is 11.0. The number of carbonyl (C=O) groups is 2. The van der Waals surface area contributed by atoms with Crippen LogP contribution in [0.1, 0.15) is 32.3 Å². The Hall–Kier alpha value is -2.30. The minimum absolute atomic E-state index is 0.134. The molecule has 0 bridgehead atoms. The van der Waals surface area contributed by atoms with Crippen molar-refractivity contribution in [2.45, 2.75) is 39.3 Å². The van der Waals surface area contributed by atoms with E-state index in [-0.39, 0.29) is 23.2 Å². The molecule has 2 aromatic rings. The molecule has 1 N–H and O–H groups in total. The second kappa shape index (κ2) is 13.1. The largest absolute Gasteiger partial charge is 0.495 e. The van der Waals surface area contributed by atoms with E-state index in [0.717, 1.165) is 33.4 Å². The van der Waals surface area contributed by atoms with Crippen LogP contribution in [0.5, 0.6) is 5.75 Å². The zero-order valence-electron chi connectivity index (χ0n) is 20.3. The Balaban J connectivity index is 2.36. The van der Waals surface area contributed by atoms with Crippen molar-refractivity contribution in [3.8, 4) is 5.75 Å². The standard InChI is InChI=1S/C24H31BrClN3O5S/c1-5-6-13-27-24(31)17(2)28(15-18-7-9-19(25)10-8-18)23(30)16-29(35(4,32)33)20-11-12-22(34-3)21(26)14-20/h7-12,14,17H,5-6,13,15-16H2,1-4H3,(H,27,31)/t17-/m0/s1. The maximum absolute atomic E-state index is 13.5. The fraction of sp³-hybridized carbons (Fsp3) is 0.417. The lowest BCUT2D eigenvalue weighted by Gasteiger charge is -2.31. The smallest absolute Gasteiger partial charge is 0.244 e. The number of anilines is 1. The summed E-state index contributed by atoms with van der Waals surface area (Å²) < 4.78 is 32.2. The Kier molecular flexibility index (Phi) is 10.9. The first kappa shape index (κ1) is 28.9. The van der Waals surface area contributed by atoms with E-state index >= 15 is 0 Å². The molecule has 0 saturated heterocycles. The number of rotatable bonds is 12. The maximum Gasteiger partial charge on any atom is 0.244 e. The highest BCUT2D eigenvalue weighted by atomic mass is 79.9. The number of sulfonamides is 1. The average molecular weight is 589 g/mol. The minimum Gasteiger partial charge on any atom is -0.495 e. The zero-order chi connectivity index (χ0) is 26.2. The van der Waals surface area contributed by atoms with Crippen LogP contribution in [0.15, 0.2) is 46.9 Å². The summed E-state index contributed by atoms with van der Waals surface area (Å²) in [5.74, 6) is -0.449. The van der Waals surface area contributed by atoms with E-state index in [1.54, 1.807) is 6.92 Å². The zero-order valence-corrected chi connectivity index (χ0v) is 23.4. The maximum atomic E-state index is 13.5. The second-order valence-electron chi connectivity index (χ2n) is 8.06. The van der Waals surface area contributed by atoms with Gasteiger partial charge in [-0.2, -0.15) is 0 Å². The quantitative estimate of drug-likeness (QED) is 0.375. The fourth-order valence-electron chi connectivity index (χ4n) is 3.33. The molecule has 192 valence electrons. The number of hydrogen-bond acceptors (Lipinski definition) is 5. The molecule has 0 unspecified atom stereocenters.